The zero-order valence-electron chi connectivity index (χ0n) is 40.8. The van der Waals surface area contributed by atoms with Gasteiger partial charge in [-0.2, -0.15) is 0 Å². The first-order chi connectivity index (χ1) is 29.9. The van der Waals surface area contributed by atoms with Gasteiger partial charge in [-0.05, 0) is 99.7 Å². The van der Waals surface area contributed by atoms with Crippen LogP contribution in [0.3, 0.4) is 0 Å². The highest BCUT2D eigenvalue weighted by molar-refractivity contribution is 5.78. The van der Waals surface area contributed by atoms with Gasteiger partial charge in [-0.15, -0.1) is 0 Å². The van der Waals surface area contributed by atoms with Gasteiger partial charge >= 0.3 is 5.97 Å². The minimum Gasteiger partial charge on any atom is -0.459 e. The Morgan fingerprint density at radius 2 is 1.61 bits per heavy atom. The van der Waals surface area contributed by atoms with Crippen LogP contribution in [-0.2, 0) is 44.4 Å². The molecule has 0 saturated carbocycles. The predicted molar refractivity (Wildman–Crippen MR) is 241 cm³/mol. The lowest BCUT2D eigenvalue weighted by atomic mass is 9.77. The van der Waals surface area contributed by atoms with Gasteiger partial charge in [-0.3, -0.25) is 14.5 Å². The molecule has 1 aromatic rings. The number of esters is 1. The molecule has 0 bridgehead atoms. The highest BCUT2D eigenvalue weighted by atomic mass is 16.7. The average molecular weight is 910 g/mol. The van der Waals surface area contributed by atoms with Gasteiger partial charge in [0.25, 0.3) is 0 Å². The summed E-state index contributed by atoms with van der Waals surface area (Å²) in [5, 5.41) is 62.8. The van der Waals surface area contributed by atoms with Crippen LogP contribution in [0.4, 0.5) is 0 Å². The van der Waals surface area contributed by atoms with E-state index in [1.807, 2.05) is 81.9 Å². The molecule has 3 heterocycles. The van der Waals surface area contributed by atoms with Crippen LogP contribution in [0.5, 0.6) is 0 Å². The summed E-state index contributed by atoms with van der Waals surface area (Å²) in [5.41, 5.74) is -3.69. The van der Waals surface area contributed by atoms with E-state index in [2.05, 4.69) is 5.32 Å². The molecule has 6 N–H and O–H groups in total. The molecule has 0 aliphatic carbocycles. The highest BCUT2D eigenvalue weighted by Gasteiger charge is 2.53. The molecule has 3 aliphatic heterocycles. The summed E-state index contributed by atoms with van der Waals surface area (Å²) in [4.78, 5) is 31.3. The van der Waals surface area contributed by atoms with E-state index < -0.39 is 96.0 Å². The SMILES string of the molecule is CC[C@H]1OC(=O)[C@H](C)[C@@H](O[C@H]2C[C@@](C)(OC)[C@@H](O)[C@H](C)O2)[C@H](C)[C@@H](O[C@@H]2O[C@H](C)C[C@H](N(C)C)[C@H]2O)[C@](C)(O)C[C@@H](C)CN(CCCNC(=O)Cc2ccccc2)[C@H](C)[C@@H](O)[C@]1(C)O. The Kier molecular flexibility index (Phi) is 19.6. The van der Waals surface area contributed by atoms with Gasteiger partial charge in [-0.1, -0.05) is 51.1 Å². The van der Waals surface area contributed by atoms with E-state index in [4.69, 9.17) is 28.4 Å². The molecular weight excluding hydrogens is 827 g/mol. The molecule has 4 rings (SSSR count). The summed E-state index contributed by atoms with van der Waals surface area (Å²) in [6.07, 6.45) is -8.13. The lowest BCUT2D eigenvalue weighted by Gasteiger charge is -2.48. The van der Waals surface area contributed by atoms with E-state index in [0.29, 0.717) is 32.5 Å². The van der Waals surface area contributed by atoms with Gasteiger partial charge < -0.3 is 64.2 Å². The highest BCUT2D eigenvalue weighted by Crippen LogP contribution is 2.40. The molecule has 0 spiro atoms. The number of hydrogen-bond acceptors (Lipinski definition) is 15. The molecule has 16 heteroatoms. The summed E-state index contributed by atoms with van der Waals surface area (Å²) < 4.78 is 38.0. The normalized spacial score (nSPS) is 42.4. The molecule has 0 unspecified atom stereocenters. The molecule has 18 atom stereocenters. The third kappa shape index (κ3) is 13.4. The maximum Gasteiger partial charge on any atom is 0.311 e. The van der Waals surface area contributed by atoms with Crippen LogP contribution in [0.25, 0.3) is 0 Å². The number of nitrogens with one attached hydrogen (secondary N) is 1. The van der Waals surface area contributed by atoms with E-state index in [0.717, 1.165) is 5.56 Å². The van der Waals surface area contributed by atoms with Crippen molar-refractivity contribution < 1.29 is 63.5 Å². The first-order valence-electron chi connectivity index (χ1n) is 23.4. The Labute approximate surface area is 382 Å². The first kappa shape index (κ1) is 54.3. The number of carbonyl (C=O) groups excluding carboxylic acids is 2. The molecule has 0 radical (unpaired) electrons. The minimum absolute atomic E-state index is 0.105. The Balaban J connectivity index is 1.75. The lowest BCUT2D eigenvalue weighted by Crippen LogP contribution is -2.60. The number of amides is 1. The maximum atomic E-state index is 14.5. The third-order valence-corrected chi connectivity index (χ3v) is 14.2. The van der Waals surface area contributed by atoms with Crippen molar-refractivity contribution in [3.63, 3.8) is 0 Å². The smallest absolute Gasteiger partial charge is 0.311 e. The molecule has 368 valence electrons. The van der Waals surface area contributed by atoms with Gasteiger partial charge in [0, 0.05) is 51.2 Å². The first-order valence-corrected chi connectivity index (χ1v) is 23.4. The van der Waals surface area contributed by atoms with Crippen molar-refractivity contribution in [1.29, 1.82) is 0 Å². The monoisotopic (exact) mass is 910 g/mol. The number of benzene rings is 1. The number of methoxy groups -OCH3 is 1. The Bertz CT molecular complexity index is 1600. The number of likely N-dealkylation sites (N-methyl/N-ethyl adjacent to an activating group) is 1. The standard InChI is InChI=1S/C48H83N3O13/c1-14-36-48(10,58)41(54)32(6)51(22-18-21-49-37(52)24-34-19-16-15-17-20-34)27-28(2)25-46(8,57)43(64-45-39(53)35(50(11)12)23-29(3)60-45)30(4)40(31(5)44(56)62-36)63-38-26-47(9,59-13)42(55)33(7)61-38/h15-17,19-20,28-33,35-36,38-43,45,53-55,57-58H,14,18,21-27H2,1-13H3,(H,49,52)/t28-,29-,30+,31-,32-,33+,35+,36-,38+,39-,40+,41-,42+,43-,45+,46-,47-,48-/m1/s1. The number of aliphatic hydroxyl groups excluding tert-OH is 3. The van der Waals surface area contributed by atoms with Crippen LogP contribution >= 0.6 is 0 Å². The number of cyclic esters (lactones) is 1. The zero-order valence-corrected chi connectivity index (χ0v) is 40.8. The molecule has 0 aromatic heterocycles. The topological polar surface area (TPSA) is 209 Å². The van der Waals surface area contributed by atoms with E-state index in [1.54, 1.807) is 34.6 Å². The van der Waals surface area contributed by atoms with Crippen molar-refractivity contribution >= 4 is 11.9 Å². The molecule has 16 nitrogen and oxygen atoms in total. The van der Waals surface area contributed by atoms with E-state index >= 15 is 0 Å². The summed E-state index contributed by atoms with van der Waals surface area (Å²) >= 11 is 0. The van der Waals surface area contributed by atoms with Crippen molar-refractivity contribution in [2.45, 2.75) is 198 Å². The van der Waals surface area contributed by atoms with Gasteiger partial charge in [-0.25, -0.2) is 0 Å². The molecule has 64 heavy (non-hydrogen) atoms. The van der Waals surface area contributed by atoms with Gasteiger partial charge in [0.1, 0.15) is 30.0 Å². The van der Waals surface area contributed by atoms with Crippen LogP contribution < -0.4 is 5.32 Å². The second-order valence-electron chi connectivity index (χ2n) is 20.1. The van der Waals surface area contributed by atoms with E-state index in [-0.39, 0.29) is 49.7 Å². The number of nitrogens with zero attached hydrogens (tertiary/aromatic N) is 2. The van der Waals surface area contributed by atoms with Gasteiger partial charge in [0.2, 0.25) is 5.91 Å². The number of carbonyl (C=O) groups is 2. The minimum atomic E-state index is -1.90. The zero-order chi connectivity index (χ0) is 47.9. The molecule has 3 fully saturated rings. The Morgan fingerprint density at radius 3 is 2.22 bits per heavy atom. The molecular formula is C48H83N3O13. The fourth-order valence-electron chi connectivity index (χ4n) is 10.3. The largest absolute Gasteiger partial charge is 0.459 e. The summed E-state index contributed by atoms with van der Waals surface area (Å²) in [6, 6.07) is 8.51. The van der Waals surface area contributed by atoms with Crippen LogP contribution in [-0.4, -0.2) is 178 Å². The average Bonchev–Trinajstić information content (AvgIpc) is 3.23. The molecule has 1 aromatic carbocycles. The Hall–Kier alpha value is -2.32. The summed E-state index contributed by atoms with van der Waals surface area (Å²) in [6.45, 7) is 18.7. The van der Waals surface area contributed by atoms with Crippen LogP contribution in [0.2, 0.25) is 0 Å². The number of hydrogen-bond donors (Lipinski definition) is 6. The Morgan fingerprint density at radius 1 is 0.953 bits per heavy atom. The second kappa shape index (κ2) is 23.1. The number of rotatable bonds is 13. The molecule has 3 saturated heterocycles. The predicted octanol–water partition coefficient (Wildman–Crippen LogP) is 3.02. The van der Waals surface area contributed by atoms with Crippen molar-refractivity contribution in [3.8, 4) is 0 Å². The van der Waals surface area contributed by atoms with Crippen molar-refractivity contribution in [1.82, 2.24) is 15.1 Å². The molecule has 1 amide bonds. The van der Waals surface area contributed by atoms with Crippen molar-refractivity contribution in [2.24, 2.45) is 17.8 Å². The van der Waals surface area contributed by atoms with Gasteiger partial charge in [0.05, 0.1) is 48.0 Å². The third-order valence-electron chi connectivity index (χ3n) is 14.2. The maximum absolute atomic E-state index is 14.5. The van der Waals surface area contributed by atoms with Crippen LogP contribution in [0.1, 0.15) is 107 Å². The fourth-order valence-corrected chi connectivity index (χ4v) is 10.3. The van der Waals surface area contributed by atoms with Gasteiger partial charge in [0.15, 0.2) is 12.6 Å². The summed E-state index contributed by atoms with van der Waals surface area (Å²) in [5.74, 6) is -2.94. The van der Waals surface area contributed by atoms with E-state index in [9.17, 15) is 35.1 Å². The summed E-state index contributed by atoms with van der Waals surface area (Å²) in [7, 11) is 5.26. The number of ether oxygens (including phenoxy) is 6. The lowest BCUT2D eigenvalue weighted by molar-refractivity contribution is -0.318. The van der Waals surface area contributed by atoms with Crippen LogP contribution in [0, 0.1) is 17.8 Å². The van der Waals surface area contributed by atoms with Crippen LogP contribution in [0.15, 0.2) is 30.3 Å². The van der Waals surface area contributed by atoms with E-state index in [1.165, 1.54) is 14.0 Å². The quantitative estimate of drug-likeness (QED) is 0.124. The molecule has 3 aliphatic rings. The number of aliphatic hydroxyl groups is 5. The van der Waals surface area contributed by atoms with Crippen molar-refractivity contribution in [3.05, 3.63) is 35.9 Å². The fraction of sp³-hybridized carbons (Fsp3) is 0.833. The second-order valence-corrected chi connectivity index (χ2v) is 20.1. The van der Waals surface area contributed by atoms with Crippen molar-refractivity contribution in [2.75, 3.05) is 40.8 Å².